The van der Waals surface area contributed by atoms with E-state index in [0.29, 0.717) is 29.7 Å². The van der Waals surface area contributed by atoms with Gasteiger partial charge < -0.3 is 24.2 Å². The number of thioether (sulfide) groups is 1. The number of carbonyl (C=O) groups excluding carboxylic acids is 2. The monoisotopic (exact) mass is 478 g/mol. The molecule has 2 aliphatic rings. The van der Waals surface area contributed by atoms with Crippen LogP contribution < -0.4 is 14.4 Å². The number of fused-ring (bicyclic) bond motifs is 2. The van der Waals surface area contributed by atoms with Crippen LogP contribution >= 0.6 is 11.8 Å². The fourth-order valence-corrected chi connectivity index (χ4v) is 5.26. The molecule has 1 unspecified atom stereocenters. The number of rotatable bonds is 7. The van der Waals surface area contributed by atoms with Crippen molar-refractivity contribution in [2.24, 2.45) is 0 Å². The second-order valence-electron chi connectivity index (χ2n) is 9.00. The summed E-state index contributed by atoms with van der Waals surface area (Å²) in [6, 6.07) is 2.51. The van der Waals surface area contributed by atoms with Crippen molar-refractivity contribution in [3.05, 3.63) is 29.8 Å². The molecule has 2 aliphatic heterocycles. The Morgan fingerprint density at radius 2 is 1.94 bits per heavy atom. The number of methoxy groups -OCH3 is 1. The Morgan fingerprint density at radius 3 is 2.55 bits per heavy atom. The zero-order valence-corrected chi connectivity index (χ0v) is 21.0. The van der Waals surface area contributed by atoms with Gasteiger partial charge in [-0.1, -0.05) is 26.0 Å². The SMILES string of the molecule is C=C1C[C@H]2C(O)N(C(=O)OC[C@@H](C)SC(C)C)c3cc(OC(C)C)c(OC)cc3C(=O)N2C1. The normalized spacial score (nSPS) is 21.1. The summed E-state index contributed by atoms with van der Waals surface area (Å²) in [5.74, 6) is 0.442. The van der Waals surface area contributed by atoms with Gasteiger partial charge in [0, 0.05) is 17.9 Å². The van der Waals surface area contributed by atoms with Gasteiger partial charge in [0.25, 0.3) is 5.91 Å². The van der Waals surface area contributed by atoms with Gasteiger partial charge in [0.1, 0.15) is 6.61 Å². The fraction of sp³-hybridized carbons (Fsp3) is 0.583. The minimum absolute atomic E-state index is 0.0811. The number of anilines is 1. The van der Waals surface area contributed by atoms with E-state index in [2.05, 4.69) is 20.4 Å². The first-order valence-electron chi connectivity index (χ1n) is 11.2. The van der Waals surface area contributed by atoms with Gasteiger partial charge in [-0.2, -0.15) is 11.8 Å². The smallest absolute Gasteiger partial charge is 0.416 e. The average molecular weight is 479 g/mol. The molecule has 3 atom stereocenters. The van der Waals surface area contributed by atoms with Gasteiger partial charge in [-0.25, -0.2) is 9.69 Å². The fourth-order valence-electron chi connectivity index (χ4n) is 4.18. The van der Waals surface area contributed by atoms with E-state index >= 15 is 0 Å². The third kappa shape index (κ3) is 5.41. The molecule has 0 aliphatic carbocycles. The van der Waals surface area contributed by atoms with Crippen molar-refractivity contribution in [2.75, 3.05) is 25.2 Å². The summed E-state index contributed by atoms with van der Waals surface area (Å²) < 4.78 is 16.9. The maximum atomic E-state index is 13.5. The van der Waals surface area contributed by atoms with Crippen LogP contribution in [-0.2, 0) is 4.74 Å². The summed E-state index contributed by atoms with van der Waals surface area (Å²) >= 11 is 1.70. The Bertz CT molecular complexity index is 918. The van der Waals surface area contributed by atoms with Crippen LogP contribution in [0, 0.1) is 0 Å². The molecule has 0 spiro atoms. The molecule has 0 bridgehead atoms. The lowest BCUT2D eigenvalue weighted by Gasteiger charge is -2.32. The summed E-state index contributed by atoms with van der Waals surface area (Å²) in [4.78, 5) is 29.5. The standard InChI is InChI=1S/C24H34N2O6S/c1-13(2)32-21-10-18-17(9-20(21)30-7)22(27)25-11-15(5)8-19(25)23(28)26(18)24(29)31-12-16(6)33-14(3)4/h9-10,13-14,16,19,23,28H,5,8,11-12H2,1-4,6-7H3/t16-,19+,23?/m1/s1. The number of hydrogen-bond donors (Lipinski definition) is 1. The second kappa shape index (κ2) is 10.3. The lowest BCUT2D eigenvalue weighted by atomic mass is 10.1. The summed E-state index contributed by atoms with van der Waals surface area (Å²) in [7, 11) is 1.49. The highest BCUT2D eigenvalue weighted by atomic mass is 32.2. The van der Waals surface area contributed by atoms with E-state index in [0.717, 1.165) is 10.5 Å². The van der Waals surface area contributed by atoms with Crippen molar-refractivity contribution < 1.29 is 28.9 Å². The van der Waals surface area contributed by atoms with Crippen LogP contribution in [0.1, 0.15) is 51.4 Å². The number of aliphatic hydroxyl groups excluding tert-OH is 1. The topological polar surface area (TPSA) is 88.5 Å². The molecule has 1 aromatic rings. The predicted octanol–water partition coefficient (Wildman–Crippen LogP) is 4.06. The maximum Gasteiger partial charge on any atom is 0.416 e. The lowest BCUT2D eigenvalue weighted by Crippen LogP contribution is -2.51. The molecule has 9 heteroatoms. The highest BCUT2D eigenvalue weighted by Gasteiger charge is 2.46. The summed E-state index contributed by atoms with van der Waals surface area (Å²) in [5, 5.41) is 11.8. The highest BCUT2D eigenvalue weighted by molar-refractivity contribution is 8.00. The number of ether oxygens (including phenoxy) is 3. The first kappa shape index (κ1) is 25.2. The van der Waals surface area contributed by atoms with Crippen molar-refractivity contribution >= 4 is 29.4 Å². The van der Waals surface area contributed by atoms with Gasteiger partial charge in [0.2, 0.25) is 0 Å². The van der Waals surface area contributed by atoms with Gasteiger partial charge in [0.15, 0.2) is 17.7 Å². The Hall–Kier alpha value is -2.39. The third-order valence-electron chi connectivity index (χ3n) is 5.44. The van der Waals surface area contributed by atoms with Crippen molar-refractivity contribution in [1.29, 1.82) is 0 Å². The van der Waals surface area contributed by atoms with Crippen molar-refractivity contribution in [2.45, 2.75) is 69.9 Å². The Labute approximate surface area is 199 Å². The van der Waals surface area contributed by atoms with Crippen LogP contribution in [0.25, 0.3) is 0 Å². The third-order valence-corrected chi connectivity index (χ3v) is 6.58. The van der Waals surface area contributed by atoms with E-state index in [9.17, 15) is 14.7 Å². The van der Waals surface area contributed by atoms with Crippen LogP contribution in [0.4, 0.5) is 10.5 Å². The number of carbonyl (C=O) groups is 2. The van der Waals surface area contributed by atoms with Gasteiger partial charge in [-0.3, -0.25) is 4.79 Å². The van der Waals surface area contributed by atoms with Gasteiger partial charge in [-0.05, 0) is 38.5 Å². The molecule has 33 heavy (non-hydrogen) atoms. The van der Waals surface area contributed by atoms with Crippen molar-refractivity contribution in [3.63, 3.8) is 0 Å². The second-order valence-corrected chi connectivity index (χ2v) is 11.0. The summed E-state index contributed by atoms with van der Waals surface area (Å²) in [5.41, 5.74) is 1.29. The van der Waals surface area contributed by atoms with E-state index in [1.54, 1.807) is 28.8 Å². The molecule has 1 N–H and O–H groups in total. The predicted molar refractivity (Wildman–Crippen MR) is 129 cm³/mol. The zero-order valence-electron chi connectivity index (χ0n) is 20.2. The first-order chi connectivity index (χ1) is 15.5. The molecule has 3 rings (SSSR count). The van der Waals surface area contributed by atoms with E-state index in [1.165, 1.54) is 7.11 Å². The number of benzene rings is 1. The van der Waals surface area contributed by atoms with Gasteiger partial charge in [0.05, 0.1) is 30.5 Å². The molecule has 2 heterocycles. The largest absolute Gasteiger partial charge is 0.493 e. The minimum atomic E-state index is -1.30. The first-order valence-corrected chi connectivity index (χ1v) is 12.1. The highest BCUT2D eigenvalue weighted by Crippen LogP contribution is 2.42. The molecule has 1 fully saturated rings. The summed E-state index contributed by atoms with van der Waals surface area (Å²) in [6.07, 6.45) is -1.77. The number of hydrogen-bond acceptors (Lipinski definition) is 7. The molecular weight excluding hydrogens is 444 g/mol. The van der Waals surface area contributed by atoms with Crippen molar-refractivity contribution in [3.8, 4) is 11.5 Å². The average Bonchev–Trinajstić information content (AvgIpc) is 3.09. The van der Waals surface area contributed by atoms with Crippen molar-refractivity contribution in [1.82, 2.24) is 4.90 Å². The van der Waals surface area contributed by atoms with E-state index < -0.39 is 18.4 Å². The minimum Gasteiger partial charge on any atom is -0.493 e. The van der Waals surface area contributed by atoms with Crippen LogP contribution in [0.15, 0.2) is 24.3 Å². The quantitative estimate of drug-likeness (QED) is 0.591. The molecule has 182 valence electrons. The molecule has 0 radical (unpaired) electrons. The van der Waals surface area contributed by atoms with Gasteiger partial charge >= 0.3 is 6.09 Å². The number of nitrogens with zero attached hydrogens (tertiary/aromatic N) is 2. The van der Waals surface area contributed by atoms with Crippen LogP contribution in [-0.4, -0.2) is 71.1 Å². The molecule has 0 aromatic heterocycles. The maximum absolute atomic E-state index is 13.5. The number of amides is 2. The summed E-state index contributed by atoms with van der Waals surface area (Å²) in [6.45, 7) is 14.4. The Morgan fingerprint density at radius 1 is 1.24 bits per heavy atom. The number of aliphatic hydroxyl groups is 1. The molecule has 2 amide bonds. The van der Waals surface area contributed by atoms with Crippen LogP contribution in [0.5, 0.6) is 11.5 Å². The lowest BCUT2D eigenvalue weighted by molar-refractivity contribution is 0.0491. The van der Waals surface area contributed by atoms with Gasteiger partial charge in [-0.15, -0.1) is 0 Å². The molecule has 0 saturated carbocycles. The Balaban J connectivity index is 2.05. The molecule has 1 aromatic carbocycles. The molecular formula is C24H34N2O6S. The zero-order chi connectivity index (χ0) is 24.4. The molecule has 1 saturated heterocycles. The van der Waals surface area contributed by atoms with E-state index in [1.807, 2.05) is 20.8 Å². The Kier molecular flexibility index (Phi) is 7.84. The van der Waals surface area contributed by atoms with Crippen LogP contribution in [0.2, 0.25) is 0 Å². The van der Waals surface area contributed by atoms with Crippen LogP contribution in [0.3, 0.4) is 0 Å². The van der Waals surface area contributed by atoms with E-state index in [4.69, 9.17) is 14.2 Å². The molecule has 8 nitrogen and oxygen atoms in total. The van der Waals surface area contributed by atoms with E-state index in [-0.39, 0.29) is 35.1 Å².